The number of piperidine rings is 1. The third kappa shape index (κ3) is 4.73. The SMILES string of the molecule is CCN(CC1CCCN(Cc2ccc(C#N)cc2)C1)C(O)c1cc2ccccc2[nH]1. The van der Waals surface area contributed by atoms with Gasteiger partial charge in [-0.1, -0.05) is 37.3 Å². The molecular weight excluding hydrogens is 372 g/mol. The van der Waals surface area contributed by atoms with Gasteiger partial charge in [0.05, 0.1) is 17.3 Å². The fraction of sp³-hybridized carbons (Fsp3) is 0.400. The van der Waals surface area contributed by atoms with Crippen molar-refractivity contribution in [3.8, 4) is 6.07 Å². The molecule has 2 aromatic carbocycles. The Hall–Kier alpha value is -2.65. The number of benzene rings is 2. The minimum absolute atomic E-state index is 0.538. The monoisotopic (exact) mass is 402 g/mol. The van der Waals surface area contributed by atoms with Gasteiger partial charge < -0.3 is 10.1 Å². The van der Waals surface area contributed by atoms with Crippen LogP contribution in [-0.4, -0.2) is 46.1 Å². The lowest BCUT2D eigenvalue weighted by Crippen LogP contribution is -2.41. The number of hydrogen-bond donors (Lipinski definition) is 2. The number of fused-ring (bicyclic) bond motifs is 1. The van der Waals surface area contributed by atoms with Gasteiger partial charge in [0.2, 0.25) is 0 Å². The molecule has 3 aromatic rings. The lowest BCUT2D eigenvalue weighted by atomic mass is 9.96. The highest BCUT2D eigenvalue weighted by Crippen LogP contribution is 2.26. The van der Waals surface area contributed by atoms with E-state index in [9.17, 15) is 5.11 Å². The standard InChI is InChI=1S/C25H30N4O/c1-2-29(25(30)24-14-22-7-3-4-8-23(22)27-24)18-21-6-5-13-28(17-21)16-20-11-9-19(15-26)10-12-20/h3-4,7-12,14,21,25,27,30H,2,5-6,13,16-18H2,1H3. The number of para-hydroxylation sites is 1. The van der Waals surface area contributed by atoms with E-state index in [1.807, 2.05) is 30.3 Å². The minimum atomic E-state index is -0.615. The molecule has 0 radical (unpaired) electrons. The average molecular weight is 403 g/mol. The molecule has 0 saturated carbocycles. The number of aromatic nitrogens is 1. The number of H-pyrrole nitrogens is 1. The zero-order valence-corrected chi connectivity index (χ0v) is 17.6. The third-order valence-electron chi connectivity index (χ3n) is 6.17. The predicted octanol–water partition coefficient (Wildman–Crippen LogP) is 4.26. The van der Waals surface area contributed by atoms with Gasteiger partial charge in [0.15, 0.2) is 0 Å². The number of nitriles is 1. The summed E-state index contributed by atoms with van der Waals surface area (Å²) in [6.45, 7) is 6.87. The summed E-state index contributed by atoms with van der Waals surface area (Å²) >= 11 is 0. The fourth-order valence-electron chi connectivity index (χ4n) is 4.55. The largest absolute Gasteiger partial charge is 0.373 e. The first-order valence-corrected chi connectivity index (χ1v) is 10.9. The van der Waals surface area contributed by atoms with E-state index in [1.54, 1.807) is 0 Å². The summed E-state index contributed by atoms with van der Waals surface area (Å²) < 4.78 is 0. The summed E-state index contributed by atoms with van der Waals surface area (Å²) in [5, 5.41) is 21.1. The summed E-state index contributed by atoms with van der Waals surface area (Å²) in [5.41, 5.74) is 3.89. The lowest BCUT2D eigenvalue weighted by molar-refractivity contribution is -0.0154. The number of aliphatic hydroxyl groups excluding tert-OH is 1. The van der Waals surface area contributed by atoms with E-state index in [4.69, 9.17) is 5.26 Å². The van der Waals surface area contributed by atoms with Gasteiger partial charge >= 0.3 is 0 Å². The van der Waals surface area contributed by atoms with Crippen molar-refractivity contribution in [1.82, 2.24) is 14.8 Å². The number of aliphatic hydroxyl groups is 1. The van der Waals surface area contributed by atoms with Gasteiger partial charge in [0.1, 0.15) is 6.23 Å². The van der Waals surface area contributed by atoms with Crippen LogP contribution < -0.4 is 0 Å². The van der Waals surface area contributed by atoms with Crippen molar-refractivity contribution in [3.05, 3.63) is 71.4 Å². The quantitative estimate of drug-likeness (QED) is 0.580. The Balaban J connectivity index is 1.38. The Morgan fingerprint density at radius 3 is 2.77 bits per heavy atom. The van der Waals surface area contributed by atoms with Crippen LogP contribution in [0.5, 0.6) is 0 Å². The third-order valence-corrected chi connectivity index (χ3v) is 6.17. The van der Waals surface area contributed by atoms with Gasteiger partial charge in [-0.2, -0.15) is 5.26 Å². The highest BCUT2D eigenvalue weighted by atomic mass is 16.3. The van der Waals surface area contributed by atoms with Gasteiger partial charge in [-0.05, 0) is 67.1 Å². The predicted molar refractivity (Wildman–Crippen MR) is 120 cm³/mol. The molecule has 5 nitrogen and oxygen atoms in total. The molecule has 0 spiro atoms. The average Bonchev–Trinajstić information content (AvgIpc) is 3.22. The molecule has 2 heterocycles. The van der Waals surface area contributed by atoms with E-state index in [2.05, 4.69) is 52.0 Å². The molecule has 0 amide bonds. The zero-order valence-electron chi connectivity index (χ0n) is 17.6. The van der Waals surface area contributed by atoms with E-state index in [0.29, 0.717) is 11.5 Å². The number of aromatic amines is 1. The Kier molecular flexibility index (Phi) is 6.49. The van der Waals surface area contributed by atoms with Crippen LogP contribution >= 0.6 is 0 Å². The van der Waals surface area contributed by atoms with E-state index < -0.39 is 6.23 Å². The van der Waals surface area contributed by atoms with Crippen molar-refractivity contribution in [2.24, 2.45) is 5.92 Å². The Bertz CT molecular complexity index is 971. The maximum atomic E-state index is 11.0. The second kappa shape index (κ2) is 9.44. The first kappa shape index (κ1) is 20.6. The van der Waals surface area contributed by atoms with Gasteiger partial charge in [0, 0.05) is 25.2 Å². The first-order chi connectivity index (χ1) is 14.7. The highest BCUT2D eigenvalue weighted by molar-refractivity contribution is 5.80. The Morgan fingerprint density at radius 2 is 2.03 bits per heavy atom. The number of likely N-dealkylation sites (tertiary alicyclic amines) is 1. The van der Waals surface area contributed by atoms with Crippen LogP contribution in [0.4, 0.5) is 0 Å². The molecule has 156 valence electrons. The van der Waals surface area contributed by atoms with Crippen LogP contribution in [0.2, 0.25) is 0 Å². The van der Waals surface area contributed by atoms with Crippen molar-refractivity contribution in [1.29, 1.82) is 5.26 Å². The molecule has 2 atom stereocenters. The molecule has 1 aliphatic rings. The maximum Gasteiger partial charge on any atom is 0.148 e. The Morgan fingerprint density at radius 1 is 1.23 bits per heavy atom. The molecule has 1 fully saturated rings. The van der Waals surface area contributed by atoms with Crippen LogP contribution in [0.25, 0.3) is 10.9 Å². The zero-order chi connectivity index (χ0) is 20.9. The van der Waals surface area contributed by atoms with Gasteiger partial charge in [-0.15, -0.1) is 0 Å². The van der Waals surface area contributed by atoms with Crippen molar-refractivity contribution < 1.29 is 5.11 Å². The molecule has 1 saturated heterocycles. The van der Waals surface area contributed by atoms with Crippen LogP contribution in [0, 0.1) is 17.2 Å². The number of hydrogen-bond acceptors (Lipinski definition) is 4. The van der Waals surface area contributed by atoms with Gasteiger partial charge in [-0.25, -0.2) is 0 Å². The molecular formula is C25H30N4O. The topological polar surface area (TPSA) is 66.3 Å². The second-order valence-electron chi connectivity index (χ2n) is 8.33. The van der Waals surface area contributed by atoms with Crippen LogP contribution in [0.1, 0.15) is 42.8 Å². The molecule has 2 N–H and O–H groups in total. The van der Waals surface area contributed by atoms with Crippen molar-refractivity contribution >= 4 is 10.9 Å². The minimum Gasteiger partial charge on any atom is -0.373 e. The molecule has 5 heteroatoms. The Labute approximate surface area is 178 Å². The summed E-state index contributed by atoms with van der Waals surface area (Å²) in [7, 11) is 0. The van der Waals surface area contributed by atoms with Crippen LogP contribution in [0.15, 0.2) is 54.6 Å². The van der Waals surface area contributed by atoms with Crippen molar-refractivity contribution in [2.45, 2.75) is 32.5 Å². The van der Waals surface area contributed by atoms with E-state index in [0.717, 1.165) is 49.3 Å². The summed E-state index contributed by atoms with van der Waals surface area (Å²) in [6, 6.07) is 20.3. The van der Waals surface area contributed by atoms with E-state index >= 15 is 0 Å². The van der Waals surface area contributed by atoms with Crippen molar-refractivity contribution in [2.75, 3.05) is 26.2 Å². The normalized spacial score (nSPS) is 18.5. The fourth-order valence-corrected chi connectivity index (χ4v) is 4.55. The van der Waals surface area contributed by atoms with Gasteiger partial charge in [0.25, 0.3) is 0 Å². The summed E-state index contributed by atoms with van der Waals surface area (Å²) in [4.78, 5) is 8.04. The first-order valence-electron chi connectivity index (χ1n) is 10.9. The smallest absolute Gasteiger partial charge is 0.148 e. The lowest BCUT2D eigenvalue weighted by Gasteiger charge is -2.36. The number of rotatable bonds is 7. The van der Waals surface area contributed by atoms with E-state index in [1.165, 1.54) is 18.4 Å². The van der Waals surface area contributed by atoms with Gasteiger partial charge in [-0.3, -0.25) is 9.80 Å². The summed E-state index contributed by atoms with van der Waals surface area (Å²) in [6.07, 6.45) is 1.76. The molecule has 1 aliphatic heterocycles. The van der Waals surface area contributed by atoms with Crippen LogP contribution in [-0.2, 0) is 6.54 Å². The molecule has 0 aliphatic carbocycles. The molecule has 1 aromatic heterocycles. The molecule has 4 rings (SSSR count). The summed E-state index contributed by atoms with van der Waals surface area (Å²) in [5.74, 6) is 0.538. The molecule has 0 bridgehead atoms. The number of nitrogens with one attached hydrogen (secondary N) is 1. The maximum absolute atomic E-state index is 11.0. The molecule has 30 heavy (non-hydrogen) atoms. The molecule has 2 unspecified atom stereocenters. The van der Waals surface area contributed by atoms with E-state index in [-0.39, 0.29) is 0 Å². The van der Waals surface area contributed by atoms with Crippen LogP contribution in [0.3, 0.4) is 0 Å². The number of nitrogens with zero attached hydrogens (tertiary/aromatic N) is 3. The van der Waals surface area contributed by atoms with Crippen molar-refractivity contribution in [3.63, 3.8) is 0 Å². The second-order valence-corrected chi connectivity index (χ2v) is 8.33. The highest BCUT2D eigenvalue weighted by Gasteiger charge is 2.25.